The average molecular weight is 177 g/mol. The van der Waals surface area contributed by atoms with Gasteiger partial charge in [-0.15, -0.1) is 0 Å². The summed E-state index contributed by atoms with van der Waals surface area (Å²) >= 11 is 0. The number of rotatable bonds is 1. The molecule has 1 fully saturated rings. The number of nitrogens with one attached hydrogen (secondary N) is 1. The highest BCUT2D eigenvalue weighted by atomic mass is 31.2. The van der Waals surface area contributed by atoms with Crippen LogP contribution in [-0.4, -0.2) is 36.9 Å². The molecule has 0 spiro atoms. The fraction of sp³-hybridized carbons (Fsp3) is 1.00. The molecule has 3 nitrogen and oxygen atoms in total. The van der Waals surface area contributed by atoms with Crippen molar-refractivity contribution in [3.63, 3.8) is 0 Å². The molecule has 0 atom stereocenters. The molecular formula is C7H16NO2P. The maximum Gasteiger partial charge on any atom is 0.119 e. The maximum absolute atomic E-state index is 11.6. The first-order chi connectivity index (χ1) is 4.96. The molecule has 1 aliphatic heterocycles. The van der Waals surface area contributed by atoms with Crippen LogP contribution >= 0.6 is 7.14 Å². The van der Waals surface area contributed by atoms with Crippen molar-refractivity contribution in [3.8, 4) is 0 Å². The largest absolute Gasteiger partial charge is 0.382 e. The van der Waals surface area contributed by atoms with Crippen LogP contribution in [0.15, 0.2) is 0 Å². The minimum absolute atomic E-state index is 0.622. The standard InChI is InChI=1S/C7H16NO2P/c1-11(2,10)7(9)3-5-8-6-4-7/h8-9H,3-6H2,1-2H3. The molecule has 1 saturated heterocycles. The first-order valence-electron chi connectivity index (χ1n) is 3.94. The van der Waals surface area contributed by atoms with Gasteiger partial charge in [0, 0.05) is 0 Å². The number of aliphatic hydroxyl groups is 1. The minimum Gasteiger partial charge on any atom is -0.382 e. The summed E-state index contributed by atoms with van der Waals surface area (Å²) in [5, 5.41) is 12.1. The van der Waals surface area contributed by atoms with Crippen molar-refractivity contribution >= 4 is 7.14 Å². The summed E-state index contributed by atoms with van der Waals surface area (Å²) in [6, 6.07) is 0. The molecule has 0 radical (unpaired) electrons. The third-order valence-corrected chi connectivity index (χ3v) is 4.86. The first kappa shape index (κ1) is 9.24. The summed E-state index contributed by atoms with van der Waals surface area (Å²) in [6.07, 6.45) is 1.24. The molecule has 0 aromatic rings. The van der Waals surface area contributed by atoms with Crippen LogP contribution in [0.4, 0.5) is 0 Å². The van der Waals surface area contributed by atoms with Crippen molar-refractivity contribution in [2.24, 2.45) is 0 Å². The van der Waals surface area contributed by atoms with E-state index in [1.54, 1.807) is 13.3 Å². The van der Waals surface area contributed by atoms with E-state index in [2.05, 4.69) is 5.32 Å². The molecule has 1 aliphatic rings. The van der Waals surface area contributed by atoms with Gasteiger partial charge < -0.3 is 15.0 Å². The summed E-state index contributed by atoms with van der Waals surface area (Å²) in [5.74, 6) is 0. The predicted octanol–water partition coefficient (Wildman–Crippen LogP) is 0.681. The van der Waals surface area contributed by atoms with Crippen molar-refractivity contribution in [2.75, 3.05) is 26.4 Å². The van der Waals surface area contributed by atoms with Gasteiger partial charge in [0.05, 0.1) is 0 Å². The molecule has 0 aromatic carbocycles. The van der Waals surface area contributed by atoms with Crippen LogP contribution in [0.1, 0.15) is 12.8 Å². The van der Waals surface area contributed by atoms with E-state index in [-0.39, 0.29) is 0 Å². The minimum atomic E-state index is -2.34. The van der Waals surface area contributed by atoms with Crippen molar-refractivity contribution < 1.29 is 9.67 Å². The van der Waals surface area contributed by atoms with Crippen LogP contribution in [0.5, 0.6) is 0 Å². The number of piperidine rings is 1. The van der Waals surface area contributed by atoms with E-state index in [1.165, 1.54) is 0 Å². The van der Waals surface area contributed by atoms with Gasteiger partial charge in [-0.25, -0.2) is 0 Å². The van der Waals surface area contributed by atoms with Crippen LogP contribution in [0.3, 0.4) is 0 Å². The summed E-state index contributed by atoms with van der Waals surface area (Å²) in [4.78, 5) is 0. The van der Waals surface area contributed by atoms with E-state index in [1.807, 2.05) is 0 Å². The Morgan fingerprint density at radius 1 is 1.36 bits per heavy atom. The van der Waals surface area contributed by atoms with Gasteiger partial charge in [-0.05, 0) is 39.3 Å². The fourth-order valence-corrected chi connectivity index (χ4v) is 2.67. The molecule has 0 unspecified atom stereocenters. The lowest BCUT2D eigenvalue weighted by molar-refractivity contribution is 0.0888. The molecule has 0 amide bonds. The van der Waals surface area contributed by atoms with E-state index >= 15 is 0 Å². The van der Waals surface area contributed by atoms with Crippen LogP contribution in [0.2, 0.25) is 0 Å². The smallest absolute Gasteiger partial charge is 0.119 e. The zero-order valence-electron chi connectivity index (χ0n) is 7.13. The van der Waals surface area contributed by atoms with Gasteiger partial charge in [0.25, 0.3) is 0 Å². The molecular weight excluding hydrogens is 161 g/mol. The Bertz CT molecular complexity index is 181. The molecule has 0 saturated carbocycles. The monoisotopic (exact) mass is 177 g/mol. The summed E-state index contributed by atoms with van der Waals surface area (Å²) in [5.41, 5.74) is 0. The van der Waals surface area contributed by atoms with Gasteiger partial charge in [0.2, 0.25) is 0 Å². The van der Waals surface area contributed by atoms with Gasteiger partial charge in [0.15, 0.2) is 0 Å². The second-order valence-corrected chi connectivity index (χ2v) is 7.12. The molecule has 2 N–H and O–H groups in total. The van der Waals surface area contributed by atoms with Crippen LogP contribution in [-0.2, 0) is 4.57 Å². The quantitative estimate of drug-likeness (QED) is 0.579. The van der Waals surface area contributed by atoms with Crippen molar-refractivity contribution in [1.29, 1.82) is 0 Å². The number of hydrogen-bond acceptors (Lipinski definition) is 3. The van der Waals surface area contributed by atoms with Gasteiger partial charge >= 0.3 is 0 Å². The normalized spacial score (nSPS) is 25.0. The molecule has 1 rings (SSSR count). The molecule has 0 bridgehead atoms. The highest BCUT2D eigenvalue weighted by molar-refractivity contribution is 7.63. The Morgan fingerprint density at radius 2 is 1.82 bits per heavy atom. The van der Waals surface area contributed by atoms with Crippen molar-refractivity contribution in [3.05, 3.63) is 0 Å². The van der Waals surface area contributed by atoms with Gasteiger partial charge in [-0.1, -0.05) is 0 Å². The number of hydrogen-bond donors (Lipinski definition) is 2. The summed E-state index contributed by atoms with van der Waals surface area (Å²) in [7, 11) is -2.34. The zero-order chi connectivity index (χ0) is 8.54. The Labute approximate surface area is 67.6 Å². The molecule has 4 heteroatoms. The maximum atomic E-state index is 11.6. The average Bonchev–Trinajstić information content (AvgIpc) is 1.87. The van der Waals surface area contributed by atoms with Crippen LogP contribution in [0.25, 0.3) is 0 Å². The Hall–Kier alpha value is 0.150. The SMILES string of the molecule is CP(C)(=O)C1(O)CCNCC1. The van der Waals surface area contributed by atoms with E-state index in [9.17, 15) is 9.67 Å². The summed E-state index contributed by atoms with van der Waals surface area (Å²) < 4.78 is 11.6. The van der Waals surface area contributed by atoms with Crippen LogP contribution < -0.4 is 5.32 Å². The molecule has 0 aromatic heterocycles. The topological polar surface area (TPSA) is 49.3 Å². The predicted molar refractivity (Wildman–Crippen MR) is 46.5 cm³/mol. The van der Waals surface area contributed by atoms with Gasteiger partial charge in [-0.2, -0.15) is 0 Å². The Morgan fingerprint density at radius 3 is 2.09 bits per heavy atom. The van der Waals surface area contributed by atoms with Gasteiger partial charge in [-0.3, -0.25) is 0 Å². The Kier molecular flexibility index (Phi) is 2.43. The van der Waals surface area contributed by atoms with E-state index in [0.29, 0.717) is 12.8 Å². The lowest BCUT2D eigenvalue weighted by atomic mass is 10.1. The Balaban J connectivity index is 2.72. The van der Waals surface area contributed by atoms with E-state index < -0.39 is 12.5 Å². The zero-order valence-corrected chi connectivity index (χ0v) is 8.03. The second-order valence-electron chi connectivity index (χ2n) is 3.58. The third-order valence-electron chi connectivity index (χ3n) is 2.41. The van der Waals surface area contributed by atoms with E-state index in [0.717, 1.165) is 13.1 Å². The molecule has 66 valence electrons. The van der Waals surface area contributed by atoms with Crippen LogP contribution in [0, 0.1) is 0 Å². The second kappa shape index (κ2) is 2.89. The lowest BCUT2D eigenvalue weighted by Crippen LogP contribution is -2.41. The lowest BCUT2D eigenvalue weighted by Gasteiger charge is -2.35. The highest BCUT2D eigenvalue weighted by Crippen LogP contribution is 2.53. The van der Waals surface area contributed by atoms with Crippen molar-refractivity contribution in [1.82, 2.24) is 5.32 Å². The summed E-state index contributed by atoms with van der Waals surface area (Å²) in [6.45, 7) is 4.89. The molecule has 11 heavy (non-hydrogen) atoms. The molecule has 1 heterocycles. The van der Waals surface area contributed by atoms with E-state index in [4.69, 9.17) is 0 Å². The third kappa shape index (κ3) is 1.84. The van der Waals surface area contributed by atoms with Crippen molar-refractivity contribution in [2.45, 2.75) is 18.2 Å². The first-order valence-corrected chi connectivity index (χ1v) is 6.54. The molecule has 0 aliphatic carbocycles. The van der Waals surface area contributed by atoms with Gasteiger partial charge in [0.1, 0.15) is 12.5 Å². The highest BCUT2D eigenvalue weighted by Gasteiger charge is 2.40. The fourth-order valence-electron chi connectivity index (χ4n) is 1.37.